The number of ether oxygens (including phenoxy) is 1. The molecule has 5 aromatic rings. The highest BCUT2D eigenvalue weighted by atomic mass is 32.2. The molecule has 2 aromatic heterocycles. The lowest BCUT2D eigenvalue weighted by Gasteiger charge is -2.34. The number of aryl methyl sites for hydroxylation is 1. The molecule has 13 heteroatoms. The number of nitrogens with two attached hydrogens (primary N) is 1. The number of rotatable bonds is 7. The van der Waals surface area contributed by atoms with Crippen molar-refractivity contribution >= 4 is 38.2 Å². The van der Waals surface area contributed by atoms with Gasteiger partial charge in [-0.1, -0.05) is 12.1 Å². The first-order valence-corrected chi connectivity index (χ1v) is 15.3. The lowest BCUT2D eigenvalue weighted by atomic mass is 10.1. The van der Waals surface area contributed by atoms with E-state index in [1.807, 2.05) is 6.92 Å². The highest BCUT2D eigenvalue weighted by Gasteiger charge is 2.26. The standard InChI is InChI=1S/C30H28F2N6O4S/c1-18-13-20(42-28-6-4-3-5-22(28)31)7-8-26(18)38-30(33)21(17-34-38)29(39)25-15-19-14-23(32)27(16-24(19)35-25)36-9-11-37(12-10-36)43(2,40)41/h3-8,13-17,35H,9-12,33H2,1-2H3. The average molecular weight is 607 g/mol. The predicted octanol–water partition coefficient (Wildman–Crippen LogP) is 4.63. The third kappa shape index (κ3) is 5.44. The summed E-state index contributed by atoms with van der Waals surface area (Å²) in [6.45, 7) is 3.02. The fourth-order valence-electron chi connectivity index (χ4n) is 5.22. The molecule has 6 rings (SSSR count). The maximum Gasteiger partial charge on any atom is 0.214 e. The molecule has 1 fully saturated rings. The molecule has 10 nitrogen and oxygen atoms in total. The molecule has 0 saturated carbocycles. The van der Waals surface area contributed by atoms with Crippen LogP contribution in [0.3, 0.4) is 0 Å². The number of aromatic amines is 1. The quantitative estimate of drug-likeness (QED) is 0.259. The van der Waals surface area contributed by atoms with E-state index in [1.54, 1.807) is 47.4 Å². The highest BCUT2D eigenvalue weighted by Crippen LogP contribution is 2.31. The monoisotopic (exact) mass is 606 g/mol. The van der Waals surface area contributed by atoms with E-state index in [4.69, 9.17) is 10.5 Å². The van der Waals surface area contributed by atoms with Gasteiger partial charge in [0, 0.05) is 37.1 Å². The van der Waals surface area contributed by atoms with E-state index in [0.29, 0.717) is 41.1 Å². The van der Waals surface area contributed by atoms with Gasteiger partial charge in [-0.25, -0.2) is 21.9 Å². The molecule has 3 aromatic carbocycles. The number of nitrogens with zero attached hydrogens (tertiary/aromatic N) is 4. The number of hydrogen-bond donors (Lipinski definition) is 2. The number of fused-ring (bicyclic) bond motifs is 1. The highest BCUT2D eigenvalue weighted by molar-refractivity contribution is 7.88. The summed E-state index contributed by atoms with van der Waals surface area (Å²) in [5.74, 6) is -0.724. The number of hydrogen-bond acceptors (Lipinski definition) is 7. The molecule has 0 spiro atoms. The van der Waals surface area contributed by atoms with Crippen molar-refractivity contribution in [2.24, 2.45) is 0 Å². The number of carbonyl (C=O) groups excluding carboxylic acids is 1. The molecule has 0 atom stereocenters. The maximum atomic E-state index is 15.1. The Bertz CT molecular complexity index is 1980. The van der Waals surface area contributed by atoms with Gasteiger partial charge in [-0.15, -0.1) is 0 Å². The zero-order chi connectivity index (χ0) is 30.5. The predicted molar refractivity (Wildman–Crippen MR) is 160 cm³/mol. The van der Waals surface area contributed by atoms with Crippen LogP contribution in [-0.2, 0) is 10.0 Å². The van der Waals surface area contributed by atoms with Crippen LogP contribution in [-0.4, -0.2) is 65.7 Å². The Morgan fingerprint density at radius 1 is 0.977 bits per heavy atom. The lowest BCUT2D eigenvalue weighted by molar-refractivity contribution is 0.103. The van der Waals surface area contributed by atoms with Gasteiger partial charge in [-0.05, 0) is 61.0 Å². The summed E-state index contributed by atoms with van der Waals surface area (Å²) in [6.07, 6.45) is 2.53. The molecule has 0 amide bonds. The van der Waals surface area contributed by atoms with Crippen molar-refractivity contribution < 1.29 is 26.7 Å². The Morgan fingerprint density at radius 2 is 1.72 bits per heavy atom. The fourth-order valence-corrected chi connectivity index (χ4v) is 6.05. The third-order valence-corrected chi connectivity index (χ3v) is 8.80. The normalized spacial score (nSPS) is 14.4. The number of ketones is 1. The molecule has 1 aliphatic rings. The van der Waals surface area contributed by atoms with E-state index in [9.17, 15) is 17.6 Å². The van der Waals surface area contributed by atoms with Crippen LogP contribution in [0.1, 0.15) is 21.6 Å². The van der Waals surface area contributed by atoms with Crippen LogP contribution in [0.2, 0.25) is 0 Å². The second-order valence-electron chi connectivity index (χ2n) is 10.4. The van der Waals surface area contributed by atoms with Crippen LogP contribution in [0.4, 0.5) is 20.3 Å². The van der Waals surface area contributed by atoms with Gasteiger partial charge in [0.05, 0.1) is 35.1 Å². The lowest BCUT2D eigenvalue weighted by Crippen LogP contribution is -2.48. The van der Waals surface area contributed by atoms with Crippen LogP contribution in [0.5, 0.6) is 11.5 Å². The molecule has 0 radical (unpaired) electrons. The van der Waals surface area contributed by atoms with Gasteiger partial charge in [-0.3, -0.25) is 4.79 Å². The second kappa shape index (κ2) is 10.8. The Morgan fingerprint density at radius 3 is 2.42 bits per heavy atom. The Hall–Kier alpha value is -4.75. The Balaban J connectivity index is 1.23. The average Bonchev–Trinajstić information content (AvgIpc) is 3.56. The number of benzene rings is 3. The zero-order valence-corrected chi connectivity index (χ0v) is 24.2. The molecule has 222 valence electrons. The smallest absolute Gasteiger partial charge is 0.214 e. The number of halogens is 2. The molecule has 1 saturated heterocycles. The van der Waals surface area contributed by atoms with Crippen molar-refractivity contribution in [3.05, 3.63) is 95.3 Å². The van der Waals surface area contributed by atoms with Crippen LogP contribution >= 0.6 is 0 Å². The maximum absolute atomic E-state index is 15.1. The van der Waals surface area contributed by atoms with Gasteiger partial charge >= 0.3 is 0 Å². The third-order valence-electron chi connectivity index (χ3n) is 7.49. The number of sulfonamides is 1. The van der Waals surface area contributed by atoms with Gasteiger partial charge in [-0.2, -0.15) is 9.40 Å². The number of nitrogens with one attached hydrogen (secondary N) is 1. The topological polar surface area (TPSA) is 127 Å². The first kappa shape index (κ1) is 28.4. The van der Waals surface area contributed by atoms with E-state index in [0.717, 1.165) is 11.8 Å². The minimum Gasteiger partial charge on any atom is -0.454 e. The van der Waals surface area contributed by atoms with Gasteiger partial charge < -0.3 is 20.4 Å². The van der Waals surface area contributed by atoms with E-state index in [-0.39, 0.29) is 35.9 Å². The van der Waals surface area contributed by atoms with Crippen molar-refractivity contribution in [3.63, 3.8) is 0 Å². The van der Waals surface area contributed by atoms with Crippen molar-refractivity contribution in [2.75, 3.05) is 43.1 Å². The zero-order valence-electron chi connectivity index (χ0n) is 23.3. The fraction of sp³-hybridized carbons (Fsp3) is 0.200. The summed E-state index contributed by atoms with van der Waals surface area (Å²) in [4.78, 5) is 18.3. The molecule has 43 heavy (non-hydrogen) atoms. The van der Waals surface area contributed by atoms with E-state index in [2.05, 4.69) is 10.1 Å². The Labute approximate surface area is 246 Å². The molecule has 0 aliphatic carbocycles. The molecule has 0 unspecified atom stereocenters. The number of anilines is 2. The summed E-state index contributed by atoms with van der Waals surface area (Å²) >= 11 is 0. The van der Waals surface area contributed by atoms with Crippen LogP contribution < -0.4 is 15.4 Å². The molecular weight excluding hydrogens is 578 g/mol. The van der Waals surface area contributed by atoms with Crippen LogP contribution in [0.15, 0.2) is 66.9 Å². The van der Waals surface area contributed by atoms with E-state index in [1.165, 1.54) is 33.4 Å². The van der Waals surface area contributed by atoms with Crippen LogP contribution in [0, 0.1) is 18.6 Å². The summed E-state index contributed by atoms with van der Waals surface area (Å²) in [6, 6.07) is 15.7. The molecule has 1 aliphatic heterocycles. The SMILES string of the molecule is Cc1cc(Oc2ccccc2F)ccc1-n1ncc(C(=O)c2cc3cc(F)c(N4CCN(S(C)(=O)=O)CC4)cc3[nH]2)c1N. The minimum absolute atomic E-state index is 0.0981. The molecule has 0 bridgehead atoms. The molecule has 3 N–H and O–H groups in total. The molecular formula is C30H28F2N6O4S. The van der Waals surface area contributed by atoms with Crippen LogP contribution in [0.25, 0.3) is 16.6 Å². The number of para-hydroxylation sites is 1. The Kier molecular flexibility index (Phi) is 7.14. The number of H-pyrrole nitrogens is 1. The van der Waals surface area contributed by atoms with Gasteiger partial charge in [0.2, 0.25) is 15.8 Å². The van der Waals surface area contributed by atoms with Crippen molar-refractivity contribution in [3.8, 4) is 17.2 Å². The largest absolute Gasteiger partial charge is 0.454 e. The number of carbonyl (C=O) groups is 1. The van der Waals surface area contributed by atoms with Crippen molar-refractivity contribution in [2.45, 2.75) is 6.92 Å². The van der Waals surface area contributed by atoms with E-state index < -0.39 is 27.4 Å². The molecule has 3 heterocycles. The summed E-state index contributed by atoms with van der Waals surface area (Å²) in [7, 11) is -3.31. The van der Waals surface area contributed by atoms with Crippen molar-refractivity contribution in [1.29, 1.82) is 0 Å². The summed E-state index contributed by atoms with van der Waals surface area (Å²) in [5.41, 5.74) is 8.97. The summed E-state index contributed by atoms with van der Waals surface area (Å²) < 4.78 is 61.2. The number of aromatic nitrogens is 3. The van der Waals surface area contributed by atoms with Gasteiger partial charge in [0.25, 0.3) is 0 Å². The second-order valence-corrected chi connectivity index (χ2v) is 12.4. The number of nitrogen functional groups attached to an aromatic ring is 1. The first-order valence-electron chi connectivity index (χ1n) is 13.4. The van der Waals surface area contributed by atoms with Gasteiger partial charge in [0.1, 0.15) is 17.4 Å². The van der Waals surface area contributed by atoms with E-state index >= 15 is 4.39 Å². The minimum atomic E-state index is -3.31. The summed E-state index contributed by atoms with van der Waals surface area (Å²) in [5, 5.41) is 4.84. The van der Waals surface area contributed by atoms with Gasteiger partial charge in [0.15, 0.2) is 11.6 Å². The number of piperazine rings is 1. The van der Waals surface area contributed by atoms with Crippen molar-refractivity contribution in [1.82, 2.24) is 19.1 Å². The first-order chi connectivity index (χ1) is 20.5.